The Bertz CT molecular complexity index is 661. The first-order chi connectivity index (χ1) is 13.0. The molecule has 5 nitrogen and oxygen atoms in total. The third-order valence-electron chi connectivity index (χ3n) is 5.04. The summed E-state index contributed by atoms with van der Waals surface area (Å²) in [7, 11) is 0. The fraction of sp³-hybridized carbons (Fsp3) is 0.571. The van der Waals surface area contributed by atoms with Gasteiger partial charge in [0.15, 0.2) is 0 Å². The van der Waals surface area contributed by atoms with Crippen molar-refractivity contribution in [3.8, 4) is 0 Å². The summed E-state index contributed by atoms with van der Waals surface area (Å²) in [4.78, 5) is 36.8. The van der Waals surface area contributed by atoms with Crippen molar-refractivity contribution in [2.75, 3.05) is 6.54 Å². The zero-order valence-electron chi connectivity index (χ0n) is 15.7. The summed E-state index contributed by atoms with van der Waals surface area (Å²) in [6.45, 7) is 0.707. The van der Waals surface area contributed by atoms with Crippen LogP contribution in [0.2, 0.25) is 5.02 Å². The van der Waals surface area contributed by atoms with Gasteiger partial charge in [0.1, 0.15) is 5.78 Å². The standard InChI is InChI=1S/C21H28ClNO4/c22-17-7-5-6-16(14-17)15-19(24)11-9-18-10-12-20(25)23(18)13-4-2-1-3-8-21(26)27/h5-7,14,18H,1-4,8-13,15H2,(H,26,27)/t18-/m0/s1. The SMILES string of the molecule is O=C(O)CCCCCCN1C(=O)CC[C@@H]1CCC(=O)Cc1cccc(Cl)c1. The maximum atomic E-state index is 12.3. The number of hydrogen-bond acceptors (Lipinski definition) is 3. The number of likely N-dealkylation sites (tertiary alicyclic amines) is 1. The number of carbonyl (C=O) groups is 3. The van der Waals surface area contributed by atoms with Gasteiger partial charge in [-0.3, -0.25) is 14.4 Å². The lowest BCUT2D eigenvalue weighted by molar-refractivity contribution is -0.137. The highest BCUT2D eigenvalue weighted by Gasteiger charge is 2.30. The molecule has 1 amide bonds. The Morgan fingerprint density at radius 1 is 1.15 bits per heavy atom. The van der Waals surface area contributed by atoms with E-state index in [1.165, 1.54) is 0 Å². The summed E-state index contributed by atoms with van der Waals surface area (Å²) < 4.78 is 0. The number of ketones is 1. The van der Waals surface area contributed by atoms with Gasteiger partial charge in [0, 0.05) is 43.3 Å². The van der Waals surface area contributed by atoms with Crippen LogP contribution in [0.3, 0.4) is 0 Å². The molecule has 1 aromatic rings. The number of amides is 1. The third-order valence-corrected chi connectivity index (χ3v) is 5.27. The van der Waals surface area contributed by atoms with E-state index in [4.69, 9.17) is 16.7 Å². The number of rotatable bonds is 12. The molecule has 27 heavy (non-hydrogen) atoms. The molecule has 1 fully saturated rings. The second kappa shape index (κ2) is 11.1. The Morgan fingerprint density at radius 3 is 2.67 bits per heavy atom. The minimum absolute atomic E-state index is 0.153. The molecular formula is C21H28ClNO4. The van der Waals surface area contributed by atoms with Gasteiger partial charge in [-0.25, -0.2) is 0 Å². The summed E-state index contributed by atoms with van der Waals surface area (Å²) >= 11 is 5.96. The van der Waals surface area contributed by atoms with Gasteiger partial charge in [0.2, 0.25) is 5.91 Å². The first-order valence-electron chi connectivity index (χ1n) is 9.73. The zero-order chi connectivity index (χ0) is 19.6. The fourth-order valence-electron chi connectivity index (χ4n) is 3.60. The summed E-state index contributed by atoms with van der Waals surface area (Å²) in [6.07, 6.45) is 6.53. The number of hydrogen-bond donors (Lipinski definition) is 1. The topological polar surface area (TPSA) is 74.7 Å². The van der Waals surface area contributed by atoms with E-state index < -0.39 is 5.97 Å². The lowest BCUT2D eigenvalue weighted by Crippen LogP contribution is -2.34. The van der Waals surface area contributed by atoms with E-state index in [0.29, 0.717) is 43.7 Å². The Morgan fingerprint density at radius 2 is 1.93 bits per heavy atom. The molecule has 1 heterocycles. The van der Waals surface area contributed by atoms with Crippen molar-refractivity contribution in [3.63, 3.8) is 0 Å². The maximum absolute atomic E-state index is 12.3. The van der Waals surface area contributed by atoms with Crippen LogP contribution in [0.1, 0.15) is 63.4 Å². The van der Waals surface area contributed by atoms with Crippen LogP contribution in [0, 0.1) is 0 Å². The van der Waals surface area contributed by atoms with Crippen LogP contribution in [0.15, 0.2) is 24.3 Å². The lowest BCUT2D eigenvalue weighted by atomic mass is 10.0. The highest BCUT2D eigenvalue weighted by molar-refractivity contribution is 6.30. The van der Waals surface area contributed by atoms with Gasteiger partial charge in [-0.15, -0.1) is 0 Å². The van der Waals surface area contributed by atoms with Crippen molar-refractivity contribution >= 4 is 29.3 Å². The monoisotopic (exact) mass is 393 g/mol. The quantitative estimate of drug-likeness (QED) is 0.538. The average Bonchev–Trinajstić information content (AvgIpc) is 2.96. The second-order valence-electron chi connectivity index (χ2n) is 7.22. The van der Waals surface area contributed by atoms with E-state index in [1.54, 1.807) is 6.07 Å². The summed E-state index contributed by atoms with van der Waals surface area (Å²) in [6, 6.07) is 7.51. The molecule has 1 aliphatic rings. The molecule has 0 saturated carbocycles. The Labute approximate surface area is 165 Å². The van der Waals surface area contributed by atoms with Crippen LogP contribution in [0.4, 0.5) is 0 Å². The van der Waals surface area contributed by atoms with E-state index in [0.717, 1.165) is 31.2 Å². The van der Waals surface area contributed by atoms with Crippen LogP contribution in [-0.2, 0) is 20.8 Å². The zero-order valence-corrected chi connectivity index (χ0v) is 16.4. The van der Waals surface area contributed by atoms with Crippen molar-refractivity contribution in [2.45, 2.75) is 70.3 Å². The van der Waals surface area contributed by atoms with Gasteiger partial charge in [-0.1, -0.05) is 36.6 Å². The van der Waals surface area contributed by atoms with Gasteiger partial charge in [0.05, 0.1) is 0 Å². The smallest absolute Gasteiger partial charge is 0.303 e. The number of unbranched alkanes of at least 4 members (excludes halogenated alkanes) is 3. The summed E-state index contributed by atoms with van der Waals surface area (Å²) in [5.41, 5.74) is 0.924. The van der Waals surface area contributed by atoms with Crippen molar-refractivity contribution in [3.05, 3.63) is 34.9 Å². The van der Waals surface area contributed by atoms with Gasteiger partial charge in [0.25, 0.3) is 0 Å². The average molecular weight is 394 g/mol. The van der Waals surface area contributed by atoms with E-state index in [1.807, 2.05) is 23.1 Å². The molecule has 1 atom stereocenters. The molecule has 1 saturated heterocycles. The van der Waals surface area contributed by atoms with Crippen molar-refractivity contribution < 1.29 is 19.5 Å². The van der Waals surface area contributed by atoms with Crippen LogP contribution in [0.5, 0.6) is 0 Å². The summed E-state index contributed by atoms with van der Waals surface area (Å²) in [5.74, 6) is -0.412. The third kappa shape index (κ3) is 7.71. The molecule has 0 radical (unpaired) electrons. The molecule has 2 rings (SSSR count). The van der Waals surface area contributed by atoms with Gasteiger partial charge < -0.3 is 10.0 Å². The van der Waals surface area contributed by atoms with E-state index in [9.17, 15) is 14.4 Å². The number of nitrogens with zero attached hydrogens (tertiary/aromatic N) is 1. The molecule has 1 aromatic carbocycles. The van der Waals surface area contributed by atoms with Crippen molar-refractivity contribution in [2.24, 2.45) is 0 Å². The minimum atomic E-state index is -0.757. The van der Waals surface area contributed by atoms with Gasteiger partial charge in [-0.05, 0) is 43.4 Å². The van der Waals surface area contributed by atoms with Crippen LogP contribution >= 0.6 is 11.6 Å². The number of benzene rings is 1. The van der Waals surface area contributed by atoms with Crippen LogP contribution in [-0.4, -0.2) is 40.3 Å². The first kappa shape index (κ1) is 21.4. The molecule has 0 spiro atoms. The number of carbonyl (C=O) groups excluding carboxylic acids is 2. The van der Waals surface area contributed by atoms with Crippen molar-refractivity contribution in [1.29, 1.82) is 0 Å². The maximum Gasteiger partial charge on any atom is 0.303 e. The van der Waals surface area contributed by atoms with E-state index >= 15 is 0 Å². The number of aliphatic carboxylic acids is 1. The largest absolute Gasteiger partial charge is 0.481 e. The highest BCUT2D eigenvalue weighted by atomic mass is 35.5. The van der Waals surface area contributed by atoms with Crippen LogP contribution in [0.25, 0.3) is 0 Å². The van der Waals surface area contributed by atoms with Crippen LogP contribution < -0.4 is 0 Å². The fourth-order valence-corrected chi connectivity index (χ4v) is 3.82. The Kier molecular flexibility index (Phi) is 8.79. The highest BCUT2D eigenvalue weighted by Crippen LogP contribution is 2.24. The molecule has 6 heteroatoms. The molecule has 1 aliphatic heterocycles. The molecule has 0 aromatic heterocycles. The predicted octanol–water partition coefficient (Wildman–Crippen LogP) is 4.26. The molecule has 1 N–H and O–H groups in total. The number of Topliss-reactive ketones (excluding diaryl/α,β-unsaturated/α-hetero) is 1. The molecule has 0 bridgehead atoms. The van der Waals surface area contributed by atoms with Gasteiger partial charge >= 0.3 is 5.97 Å². The van der Waals surface area contributed by atoms with E-state index in [-0.39, 0.29) is 24.2 Å². The lowest BCUT2D eigenvalue weighted by Gasteiger charge is -2.24. The molecular weight excluding hydrogens is 366 g/mol. The van der Waals surface area contributed by atoms with Gasteiger partial charge in [-0.2, -0.15) is 0 Å². The Hall–Kier alpha value is -1.88. The number of carboxylic acids is 1. The van der Waals surface area contributed by atoms with E-state index in [2.05, 4.69) is 0 Å². The predicted molar refractivity (Wildman–Crippen MR) is 105 cm³/mol. The molecule has 0 unspecified atom stereocenters. The molecule has 148 valence electrons. The second-order valence-corrected chi connectivity index (χ2v) is 7.66. The minimum Gasteiger partial charge on any atom is -0.481 e. The Balaban J connectivity index is 1.70. The van der Waals surface area contributed by atoms with Crippen molar-refractivity contribution in [1.82, 2.24) is 4.90 Å². The first-order valence-corrected chi connectivity index (χ1v) is 10.1. The normalized spacial score (nSPS) is 16.7. The molecule has 0 aliphatic carbocycles. The number of carboxylic acid groups (broad SMARTS) is 1. The summed E-state index contributed by atoms with van der Waals surface area (Å²) in [5, 5.41) is 9.27. The number of halogens is 1.